The summed E-state index contributed by atoms with van der Waals surface area (Å²) in [5, 5.41) is 9.97. The first-order valence-electron chi connectivity index (χ1n) is 5.57. The van der Waals surface area contributed by atoms with Crippen molar-refractivity contribution in [3.05, 3.63) is 48.5 Å². The molecule has 0 unspecified atom stereocenters. The van der Waals surface area contributed by atoms with Crippen molar-refractivity contribution in [2.45, 2.75) is 0 Å². The fourth-order valence-corrected chi connectivity index (χ4v) is 2.11. The second-order valence-corrected chi connectivity index (χ2v) is 4.05. The summed E-state index contributed by atoms with van der Waals surface area (Å²) in [6, 6.07) is 11.9. The zero-order valence-corrected chi connectivity index (χ0v) is 9.83. The van der Waals surface area contributed by atoms with Crippen LogP contribution in [-0.2, 0) is 7.05 Å². The largest absolute Gasteiger partial charge is 0.350 e. The average Bonchev–Trinajstić information content (AvgIpc) is 2.77. The Morgan fingerprint density at radius 2 is 2.06 bits per heavy atom. The van der Waals surface area contributed by atoms with Gasteiger partial charge < -0.3 is 4.57 Å². The van der Waals surface area contributed by atoms with E-state index in [0.29, 0.717) is 0 Å². The maximum atomic E-state index is 8.85. The zero-order valence-electron chi connectivity index (χ0n) is 9.83. The number of rotatable bonds is 1. The van der Waals surface area contributed by atoms with E-state index >= 15 is 0 Å². The maximum Gasteiger partial charge on any atom is 0.232 e. The molecule has 0 aliphatic heterocycles. The Balaban J connectivity index is 2.29. The van der Waals surface area contributed by atoms with Crippen molar-refractivity contribution in [1.29, 1.82) is 5.26 Å². The van der Waals surface area contributed by atoms with Crippen molar-refractivity contribution < 1.29 is 0 Å². The lowest BCUT2D eigenvalue weighted by Crippen LogP contribution is -1.90. The maximum absolute atomic E-state index is 8.85. The van der Waals surface area contributed by atoms with Gasteiger partial charge in [-0.2, -0.15) is 5.26 Å². The summed E-state index contributed by atoms with van der Waals surface area (Å²) in [5.41, 5.74) is 2.94. The van der Waals surface area contributed by atoms with Gasteiger partial charge in [-0.1, -0.05) is 18.2 Å². The number of fused-ring (bicyclic) bond motifs is 1. The van der Waals surface area contributed by atoms with E-state index in [-0.39, 0.29) is 5.82 Å². The molecule has 0 aliphatic carbocycles. The Morgan fingerprint density at radius 3 is 2.89 bits per heavy atom. The molecule has 0 bridgehead atoms. The zero-order chi connectivity index (χ0) is 12.5. The molecule has 2 aromatic heterocycles. The number of nitrogens with zero attached hydrogens (tertiary/aromatic N) is 4. The van der Waals surface area contributed by atoms with Gasteiger partial charge in [0.25, 0.3) is 0 Å². The van der Waals surface area contributed by atoms with E-state index < -0.39 is 0 Å². The van der Waals surface area contributed by atoms with E-state index in [4.69, 9.17) is 5.26 Å². The lowest BCUT2D eigenvalue weighted by atomic mass is 10.1. The van der Waals surface area contributed by atoms with Crippen molar-refractivity contribution in [1.82, 2.24) is 14.5 Å². The minimum atomic E-state index is 0.195. The molecule has 4 nitrogen and oxygen atoms in total. The van der Waals surface area contributed by atoms with Gasteiger partial charge in [-0.05, 0) is 12.1 Å². The minimum absolute atomic E-state index is 0.195. The summed E-state index contributed by atoms with van der Waals surface area (Å²) in [6.07, 6.45) is 3.64. The first-order chi connectivity index (χ1) is 8.79. The molecule has 3 rings (SSSR count). The molecule has 0 radical (unpaired) electrons. The van der Waals surface area contributed by atoms with Crippen molar-refractivity contribution >= 4 is 10.9 Å². The Hall–Kier alpha value is -2.67. The Kier molecular flexibility index (Phi) is 2.31. The van der Waals surface area contributed by atoms with E-state index in [0.717, 1.165) is 22.2 Å². The highest BCUT2D eigenvalue weighted by Crippen LogP contribution is 2.28. The van der Waals surface area contributed by atoms with Crippen LogP contribution in [0.4, 0.5) is 0 Å². The van der Waals surface area contributed by atoms with E-state index in [1.807, 2.05) is 37.5 Å². The summed E-state index contributed by atoms with van der Waals surface area (Å²) >= 11 is 0. The molecule has 3 aromatic rings. The summed E-state index contributed by atoms with van der Waals surface area (Å²) in [4.78, 5) is 8.13. The first-order valence-corrected chi connectivity index (χ1v) is 5.57. The third kappa shape index (κ3) is 1.54. The molecular weight excluding hydrogens is 224 g/mol. The van der Waals surface area contributed by atoms with Gasteiger partial charge in [0.1, 0.15) is 6.07 Å². The van der Waals surface area contributed by atoms with Crippen molar-refractivity contribution in [2.24, 2.45) is 7.05 Å². The summed E-state index contributed by atoms with van der Waals surface area (Å²) in [6.45, 7) is 0. The average molecular weight is 234 g/mol. The normalized spacial score (nSPS) is 10.4. The standard InChI is InChI=1S/C14H10N4/c1-18-9-11(10-4-2-3-5-13(10)18)12-6-7-16-14(8-15)17-12/h2-7,9H,1H3. The Bertz CT molecular complexity index is 765. The van der Waals surface area contributed by atoms with E-state index in [1.54, 1.807) is 6.20 Å². The van der Waals surface area contributed by atoms with Crippen molar-refractivity contribution in [2.75, 3.05) is 0 Å². The number of para-hydroxylation sites is 1. The topological polar surface area (TPSA) is 54.5 Å². The molecule has 4 heteroatoms. The van der Waals surface area contributed by atoms with Crippen LogP contribution in [0.15, 0.2) is 42.7 Å². The second kappa shape index (κ2) is 3.97. The van der Waals surface area contributed by atoms with Crippen LogP contribution in [0, 0.1) is 11.3 Å². The lowest BCUT2D eigenvalue weighted by Gasteiger charge is -1.98. The smallest absolute Gasteiger partial charge is 0.232 e. The highest BCUT2D eigenvalue weighted by molar-refractivity contribution is 5.95. The van der Waals surface area contributed by atoms with Crippen LogP contribution in [0.1, 0.15) is 5.82 Å². The molecule has 18 heavy (non-hydrogen) atoms. The molecule has 0 spiro atoms. The molecule has 86 valence electrons. The fourth-order valence-electron chi connectivity index (χ4n) is 2.11. The Labute approximate surface area is 104 Å². The summed E-state index contributed by atoms with van der Waals surface area (Å²) < 4.78 is 2.05. The van der Waals surface area contributed by atoms with Gasteiger partial charge >= 0.3 is 0 Å². The first kappa shape index (κ1) is 10.5. The van der Waals surface area contributed by atoms with Gasteiger partial charge in [0.2, 0.25) is 5.82 Å². The number of benzene rings is 1. The third-order valence-corrected chi connectivity index (χ3v) is 2.93. The number of hydrogen-bond donors (Lipinski definition) is 0. The number of nitriles is 1. The van der Waals surface area contributed by atoms with Crippen LogP contribution >= 0.6 is 0 Å². The van der Waals surface area contributed by atoms with Gasteiger partial charge in [0, 0.05) is 35.9 Å². The van der Waals surface area contributed by atoms with E-state index in [2.05, 4.69) is 26.7 Å². The van der Waals surface area contributed by atoms with Crippen molar-refractivity contribution in [3.8, 4) is 17.3 Å². The number of aryl methyl sites for hydroxylation is 1. The molecule has 1 aromatic carbocycles. The highest BCUT2D eigenvalue weighted by Gasteiger charge is 2.09. The van der Waals surface area contributed by atoms with Crippen LogP contribution in [0.5, 0.6) is 0 Å². The highest BCUT2D eigenvalue weighted by atomic mass is 14.9. The predicted octanol–water partition coefficient (Wildman–Crippen LogP) is 2.51. The number of hydrogen-bond acceptors (Lipinski definition) is 3. The van der Waals surface area contributed by atoms with Crippen LogP contribution in [0.25, 0.3) is 22.2 Å². The quantitative estimate of drug-likeness (QED) is 0.650. The lowest BCUT2D eigenvalue weighted by molar-refractivity contribution is 0.969. The SMILES string of the molecule is Cn1cc(-c2ccnc(C#N)n2)c2ccccc21. The van der Waals surface area contributed by atoms with Crippen molar-refractivity contribution in [3.63, 3.8) is 0 Å². The molecule has 0 N–H and O–H groups in total. The van der Waals surface area contributed by atoms with Crippen LogP contribution in [-0.4, -0.2) is 14.5 Å². The van der Waals surface area contributed by atoms with E-state index in [1.165, 1.54) is 0 Å². The molecular formula is C14H10N4. The molecule has 0 atom stereocenters. The van der Waals surface area contributed by atoms with Crippen LogP contribution < -0.4 is 0 Å². The monoisotopic (exact) mass is 234 g/mol. The van der Waals surface area contributed by atoms with E-state index in [9.17, 15) is 0 Å². The molecule has 0 saturated carbocycles. The molecule has 0 amide bonds. The van der Waals surface area contributed by atoms with Gasteiger partial charge in [-0.3, -0.25) is 0 Å². The minimum Gasteiger partial charge on any atom is -0.350 e. The van der Waals surface area contributed by atoms with Gasteiger partial charge in [-0.25, -0.2) is 9.97 Å². The summed E-state index contributed by atoms with van der Waals surface area (Å²) in [5.74, 6) is 0.195. The van der Waals surface area contributed by atoms with Crippen LogP contribution in [0.2, 0.25) is 0 Å². The molecule has 0 saturated heterocycles. The third-order valence-electron chi connectivity index (χ3n) is 2.93. The molecule has 0 aliphatic rings. The molecule has 2 heterocycles. The van der Waals surface area contributed by atoms with Gasteiger partial charge in [0.15, 0.2) is 0 Å². The molecule has 0 fully saturated rings. The second-order valence-electron chi connectivity index (χ2n) is 4.05. The summed E-state index contributed by atoms with van der Waals surface area (Å²) in [7, 11) is 2.00. The predicted molar refractivity (Wildman–Crippen MR) is 68.7 cm³/mol. The number of aromatic nitrogens is 3. The van der Waals surface area contributed by atoms with Crippen LogP contribution in [0.3, 0.4) is 0 Å². The fraction of sp³-hybridized carbons (Fsp3) is 0.0714. The van der Waals surface area contributed by atoms with Gasteiger partial charge in [0.05, 0.1) is 5.69 Å². The van der Waals surface area contributed by atoms with Gasteiger partial charge in [-0.15, -0.1) is 0 Å². The Morgan fingerprint density at radius 1 is 1.22 bits per heavy atom.